The molecule has 0 bridgehead atoms. The Hall–Kier alpha value is -3.58. The maximum atomic E-state index is 12.3. The maximum Gasteiger partial charge on any atom is 0.354 e. The summed E-state index contributed by atoms with van der Waals surface area (Å²) in [7, 11) is 1.35. The number of ether oxygens (including phenoxy) is 1. The van der Waals surface area contributed by atoms with E-state index in [1.54, 1.807) is 36.2 Å². The summed E-state index contributed by atoms with van der Waals surface area (Å²) in [6.07, 6.45) is 1.79. The number of carbonyl (C=O) groups is 2. The van der Waals surface area contributed by atoms with Gasteiger partial charge >= 0.3 is 5.97 Å². The van der Waals surface area contributed by atoms with Crippen molar-refractivity contribution in [3.8, 4) is 0 Å². The zero-order valence-corrected chi connectivity index (χ0v) is 17.0. The molecule has 0 aliphatic heterocycles. The number of esters is 1. The molecule has 1 amide bonds. The van der Waals surface area contributed by atoms with Gasteiger partial charge in [0.2, 0.25) is 0 Å². The Bertz CT molecular complexity index is 1200. The number of nitrogens with zero attached hydrogens (tertiary/aromatic N) is 1. The van der Waals surface area contributed by atoms with E-state index >= 15 is 0 Å². The molecule has 2 aromatic carbocycles. The fraction of sp³-hybridized carbons (Fsp3) is 0.0870. The third kappa shape index (κ3) is 4.52. The molecule has 2 N–H and O–H groups in total. The number of anilines is 1. The average molecular weight is 417 g/mol. The first-order valence-corrected chi connectivity index (χ1v) is 10.3. The minimum atomic E-state index is -0.418. The number of H-pyrrole nitrogens is 1. The first-order valence-electron chi connectivity index (χ1n) is 9.27. The van der Waals surface area contributed by atoms with Crippen molar-refractivity contribution in [3.63, 3.8) is 0 Å². The van der Waals surface area contributed by atoms with Crippen LogP contribution in [0.4, 0.5) is 5.69 Å². The van der Waals surface area contributed by atoms with Crippen LogP contribution < -0.4 is 5.32 Å². The zero-order chi connectivity index (χ0) is 20.9. The number of methoxy groups -OCH3 is 1. The number of pyridine rings is 1. The van der Waals surface area contributed by atoms with Crippen LogP contribution in [0.5, 0.6) is 0 Å². The molecule has 0 fully saturated rings. The van der Waals surface area contributed by atoms with Crippen LogP contribution in [0.2, 0.25) is 0 Å². The summed E-state index contributed by atoms with van der Waals surface area (Å²) in [4.78, 5) is 32.4. The third-order valence-electron chi connectivity index (χ3n) is 4.47. The number of carbonyl (C=O) groups excluding carboxylic acids is 2. The quantitative estimate of drug-likeness (QED) is 0.345. The molecule has 0 spiro atoms. The van der Waals surface area contributed by atoms with Gasteiger partial charge in [0.25, 0.3) is 5.91 Å². The molecule has 4 aromatic rings. The molecule has 0 aliphatic carbocycles. The van der Waals surface area contributed by atoms with Crippen molar-refractivity contribution < 1.29 is 14.3 Å². The highest BCUT2D eigenvalue weighted by Crippen LogP contribution is 2.26. The lowest BCUT2D eigenvalue weighted by atomic mass is 10.2. The van der Waals surface area contributed by atoms with Gasteiger partial charge in [0, 0.05) is 33.5 Å². The molecule has 0 atom stereocenters. The average Bonchev–Trinajstić information content (AvgIpc) is 3.21. The predicted octanol–water partition coefficient (Wildman–Crippen LogP) is 4.89. The topological polar surface area (TPSA) is 84.1 Å². The molecule has 0 aliphatic rings. The zero-order valence-electron chi connectivity index (χ0n) is 16.2. The number of rotatable bonds is 6. The summed E-state index contributed by atoms with van der Waals surface area (Å²) in [5, 5.41) is 3.79. The van der Waals surface area contributed by atoms with Crippen LogP contribution in [-0.4, -0.2) is 29.0 Å². The lowest BCUT2D eigenvalue weighted by Gasteiger charge is -2.08. The molecule has 0 saturated carbocycles. The highest BCUT2D eigenvalue weighted by Gasteiger charge is 2.11. The summed E-state index contributed by atoms with van der Waals surface area (Å²) < 4.78 is 4.74. The number of thioether (sulfide) groups is 1. The number of hydrogen-bond donors (Lipinski definition) is 2. The largest absolute Gasteiger partial charge is 0.464 e. The first kappa shape index (κ1) is 19.7. The van der Waals surface area contributed by atoms with Gasteiger partial charge in [0.1, 0.15) is 11.3 Å². The van der Waals surface area contributed by atoms with Gasteiger partial charge in [0.05, 0.1) is 7.11 Å². The lowest BCUT2D eigenvalue weighted by Crippen LogP contribution is -2.11. The lowest BCUT2D eigenvalue weighted by molar-refractivity contribution is 0.0595. The molecule has 2 heterocycles. The van der Waals surface area contributed by atoms with Gasteiger partial charge in [-0.05, 0) is 48.0 Å². The van der Waals surface area contributed by atoms with Crippen molar-refractivity contribution >= 4 is 40.4 Å². The molecule has 0 radical (unpaired) electrons. The number of hydrogen-bond acceptors (Lipinski definition) is 5. The number of fused-ring (bicyclic) bond motifs is 1. The summed E-state index contributed by atoms with van der Waals surface area (Å²) in [5.41, 5.74) is 3.42. The normalized spacial score (nSPS) is 10.7. The van der Waals surface area contributed by atoms with Crippen LogP contribution in [-0.2, 0) is 10.5 Å². The van der Waals surface area contributed by atoms with Gasteiger partial charge in [-0.1, -0.05) is 24.3 Å². The van der Waals surface area contributed by atoms with E-state index in [0.717, 1.165) is 21.5 Å². The third-order valence-corrected chi connectivity index (χ3v) is 5.53. The molecule has 150 valence electrons. The second-order valence-electron chi connectivity index (χ2n) is 6.59. The monoisotopic (exact) mass is 417 g/mol. The summed E-state index contributed by atoms with van der Waals surface area (Å²) in [5.74, 6) is 0.150. The van der Waals surface area contributed by atoms with Gasteiger partial charge in [-0.3, -0.25) is 4.79 Å². The van der Waals surface area contributed by atoms with E-state index in [1.165, 1.54) is 7.11 Å². The van der Waals surface area contributed by atoms with E-state index < -0.39 is 5.97 Å². The van der Waals surface area contributed by atoms with Crippen LogP contribution in [0.25, 0.3) is 11.0 Å². The highest BCUT2D eigenvalue weighted by atomic mass is 32.2. The van der Waals surface area contributed by atoms with Gasteiger partial charge in [0.15, 0.2) is 0 Å². The molecule has 30 heavy (non-hydrogen) atoms. The van der Waals surface area contributed by atoms with Crippen molar-refractivity contribution in [2.45, 2.75) is 10.6 Å². The molecule has 6 nitrogen and oxygen atoms in total. The minimum absolute atomic E-state index is 0.138. The van der Waals surface area contributed by atoms with E-state index in [4.69, 9.17) is 4.74 Å². The molecule has 4 rings (SSSR count). The Morgan fingerprint density at radius 3 is 2.70 bits per heavy atom. The predicted molar refractivity (Wildman–Crippen MR) is 118 cm³/mol. The highest BCUT2D eigenvalue weighted by molar-refractivity contribution is 7.98. The molecule has 2 aromatic heterocycles. The Balaban J connectivity index is 1.43. The Kier molecular flexibility index (Phi) is 5.81. The van der Waals surface area contributed by atoms with E-state index in [1.807, 2.05) is 48.5 Å². The van der Waals surface area contributed by atoms with E-state index in [2.05, 4.69) is 15.3 Å². The second-order valence-corrected chi connectivity index (χ2v) is 7.64. The number of nitrogens with one attached hydrogen (secondary N) is 2. The van der Waals surface area contributed by atoms with Gasteiger partial charge < -0.3 is 15.0 Å². The number of amides is 1. The first-order chi connectivity index (χ1) is 14.6. The van der Waals surface area contributed by atoms with Crippen molar-refractivity contribution in [1.29, 1.82) is 0 Å². The fourth-order valence-corrected chi connectivity index (χ4v) is 3.86. The summed E-state index contributed by atoms with van der Waals surface area (Å²) in [6.45, 7) is 0. The van der Waals surface area contributed by atoms with Crippen LogP contribution in [0.15, 0.2) is 77.8 Å². The van der Waals surface area contributed by atoms with E-state index in [-0.39, 0.29) is 5.91 Å². The van der Waals surface area contributed by atoms with E-state index in [0.29, 0.717) is 22.7 Å². The smallest absolute Gasteiger partial charge is 0.354 e. The second kappa shape index (κ2) is 8.84. The molecule has 0 unspecified atom stereocenters. The molecular weight excluding hydrogens is 398 g/mol. The number of benzene rings is 2. The Morgan fingerprint density at radius 1 is 1.07 bits per heavy atom. The van der Waals surface area contributed by atoms with Gasteiger partial charge in [-0.2, -0.15) is 0 Å². The number of aromatic nitrogens is 2. The molecule has 0 saturated heterocycles. The van der Waals surface area contributed by atoms with Crippen molar-refractivity contribution in [2.24, 2.45) is 0 Å². The minimum Gasteiger partial charge on any atom is -0.464 e. The Morgan fingerprint density at radius 2 is 1.90 bits per heavy atom. The van der Waals surface area contributed by atoms with Crippen LogP contribution in [0.3, 0.4) is 0 Å². The SMILES string of the molecule is COC(=O)c1cc2cc(CSc3cccc(NC(=O)c4ccccc4)c3)cnc2[nH]1. The van der Waals surface area contributed by atoms with Gasteiger partial charge in [-0.25, -0.2) is 9.78 Å². The summed E-state index contributed by atoms with van der Waals surface area (Å²) >= 11 is 1.64. The fourth-order valence-electron chi connectivity index (χ4n) is 2.98. The van der Waals surface area contributed by atoms with Crippen LogP contribution in [0.1, 0.15) is 26.4 Å². The van der Waals surface area contributed by atoms with Gasteiger partial charge in [-0.15, -0.1) is 11.8 Å². The standard InChI is InChI=1S/C23H19N3O3S/c1-29-23(28)20-11-17-10-15(13-24-21(17)26-20)14-30-19-9-5-8-18(12-19)25-22(27)16-6-3-2-4-7-16/h2-13H,14H2,1H3,(H,24,26)(H,25,27). The van der Waals surface area contributed by atoms with Crippen molar-refractivity contribution in [2.75, 3.05) is 12.4 Å². The summed E-state index contributed by atoms with van der Waals surface area (Å²) in [6, 6.07) is 20.6. The maximum absolute atomic E-state index is 12.3. The van der Waals surface area contributed by atoms with Crippen LogP contribution >= 0.6 is 11.8 Å². The Labute approximate surface area is 177 Å². The number of aromatic amines is 1. The van der Waals surface area contributed by atoms with Crippen LogP contribution in [0, 0.1) is 0 Å². The van der Waals surface area contributed by atoms with Crippen molar-refractivity contribution in [1.82, 2.24) is 9.97 Å². The van der Waals surface area contributed by atoms with Crippen molar-refractivity contribution in [3.05, 3.63) is 89.7 Å². The molecule has 7 heteroatoms. The van der Waals surface area contributed by atoms with E-state index in [9.17, 15) is 9.59 Å². The molecular formula is C23H19N3O3S.